The molecule has 1 unspecified atom stereocenters. The van der Waals surface area contributed by atoms with Gasteiger partial charge in [0.15, 0.2) is 0 Å². The molecule has 4 rings (SSSR count). The minimum atomic E-state index is -0.392. The van der Waals surface area contributed by atoms with Crippen LogP contribution in [0.15, 0.2) is 66.9 Å². The van der Waals surface area contributed by atoms with Gasteiger partial charge in [0.1, 0.15) is 5.69 Å². The van der Waals surface area contributed by atoms with E-state index in [4.69, 9.17) is 0 Å². The molecule has 1 aromatic heterocycles. The van der Waals surface area contributed by atoms with Crippen LogP contribution in [-0.2, 0) is 9.59 Å². The second kappa shape index (κ2) is 11.4. The van der Waals surface area contributed by atoms with E-state index in [0.29, 0.717) is 18.8 Å². The Hall–Kier alpha value is -3.74. The van der Waals surface area contributed by atoms with Crippen molar-refractivity contribution < 1.29 is 14.4 Å². The Morgan fingerprint density at radius 2 is 1.74 bits per heavy atom. The van der Waals surface area contributed by atoms with Gasteiger partial charge in [0.05, 0.1) is 19.0 Å². The van der Waals surface area contributed by atoms with Gasteiger partial charge in [-0.3, -0.25) is 19.4 Å². The van der Waals surface area contributed by atoms with Crippen molar-refractivity contribution >= 4 is 28.5 Å². The van der Waals surface area contributed by atoms with Crippen LogP contribution in [0, 0.1) is 0 Å². The number of aromatic nitrogens is 1. The third-order valence-corrected chi connectivity index (χ3v) is 6.20. The molecule has 1 fully saturated rings. The Morgan fingerprint density at radius 1 is 0.971 bits per heavy atom. The minimum Gasteiger partial charge on any atom is -0.356 e. The van der Waals surface area contributed by atoms with E-state index in [1.165, 1.54) is 0 Å². The van der Waals surface area contributed by atoms with Gasteiger partial charge in [-0.25, -0.2) is 0 Å². The topological polar surface area (TPSA) is 91.4 Å². The van der Waals surface area contributed by atoms with Crippen LogP contribution in [0.4, 0.5) is 0 Å². The molecule has 3 aromatic rings. The smallest absolute Gasteiger partial charge is 0.270 e. The van der Waals surface area contributed by atoms with Crippen molar-refractivity contribution in [3.05, 3.63) is 78.1 Å². The van der Waals surface area contributed by atoms with Crippen molar-refractivity contribution in [2.24, 2.45) is 0 Å². The highest BCUT2D eigenvalue weighted by atomic mass is 16.2. The Kier molecular flexibility index (Phi) is 7.86. The second-order valence-electron chi connectivity index (χ2n) is 8.55. The SMILES string of the molecule is O=C1CC(c2ccccc2)N(C(=O)CNC(=O)c2nccc3ccccc23)CCCCCCN1. The van der Waals surface area contributed by atoms with Crippen molar-refractivity contribution in [2.75, 3.05) is 19.6 Å². The van der Waals surface area contributed by atoms with Crippen LogP contribution in [0.3, 0.4) is 0 Å². The molecule has 1 saturated heterocycles. The molecule has 7 nitrogen and oxygen atoms in total. The zero-order chi connectivity index (χ0) is 23.8. The van der Waals surface area contributed by atoms with Crippen LogP contribution in [0.1, 0.15) is 54.2 Å². The Balaban J connectivity index is 1.53. The molecule has 0 spiro atoms. The minimum absolute atomic E-state index is 0.0717. The Morgan fingerprint density at radius 3 is 2.59 bits per heavy atom. The van der Waals surface area contributed by atoms with Gasteiger partial charge in [-0.1, -0.05) is 67.4 Å². The lowest BCUT2D eigenvalue weighted by Crippen LogP contribution is -2.44. The van der Waals surface area contributed by atoms with Gasteiger partial charge in [-0.15, -0.1) is 0 Å². The number of amides is 3. The zero-order valence-corrected chi connectivity index (χ0v) is 19.2. The summed E-state index contributed by atoms with van der Waals surface area (Å²) in [4.78, 5) is 44.9. The van der Waals surface area contributed by atoms with E-state index in [0.717, 1.165) is 42.0 Å². The molecule has 2 heterocycles. The van der Waals surface area contributed by atoms with Gasteiger partial charge in [0, 0.05) is 24.7 Å². The predicted molar refractivity (Wildman–Crippen MR) is 131 cm³/mol. The fraction of sp³-hybridized carbons (Fsp3) is 0.333. The maximum atomic E-state index is 13.4. The van der Waals surface area contributed by atoms with E-state index in [1.807, 2.05) is 60.7 Å². The highest BCUT2D eigenvalue weighted by Crippen LogP contribution is 2.26. The summed E-state index contributed by atoms with van der Waals surface area (Å²) in [5.74, 6) is -0.677. The summed E-state index contributed by atoms with van der Waals surface area (Å²) in [6.07, 6.45) is 5.55. The molecule has 2 aromatic carbocycles. The summed E-state index contributed by atoms with van der Waals surface area (Å²) in [5, 5.41) is 7.38. The van der Waals surface area contributed by atoms with Crippen molar-refractivity contribution in [3.63, 3.8) is 0 Å². The second-order valence-corrected chi connectivity index (χ2v) is 8.55. The first kappa shape index (κ1) is 23.4. The summed E-state index contributed by atoms with van der Waals surface area (Å²) in [5.41, 5.74) is 1.20. The summed E-state index contributed by atoms with van der Waals surface area (Å²) in [6, 6.07) is 18.6. The van der Waals surface area contributed by atoms with Crippen molar-refractivity contribution in [2.45, 2.75) is 38.1 Å². The Bertz CT molecular complexity index is 1140. The lowest BCUT2D eigenvalue weighted by atomic mass is 10.0. The van der Waals surface area contributed by atoms with Gasteiger partial charge in [0.25, 0.3) is 5.91 Å². The normalized spacial score (nSPS) is 17.5. The molecular weight excluding hydrogens is 428 g/mol. The standard InChI is InChI=1S/C27H30N4O3/c32-24-18-23(21-11-4-3-5-12-21)31(17-9-2-1-8-15-28-24)25(33)19-30-27(34)26-22-13-7-6-10-20(22)14-16-29-26/h3-7,10-14,16,23H,1-2,8-9,15,17-19H2,(H,28,32)(H,30,34). The zero-order valence-electron chi connectivity index (χ0n) is 19.2. The summed E-state index contributed by atoms with van der Waals surface area (Å²) in [7, 11) is 0. The molecular formula is C27H30N4O3. The van der Waals surface area contributed by atoms with E-state index in [1.54, 1.807) is 11.1 Å². The molecule has 176 valence electrons. The fourth-order valence-corrected chi connectivity index (χ4v) is 4.42. The highest BCUT2D eigenvalue weighted by Gasteiger charge is 2.28. The fourth-order valence-electron chi connectivity index (χ4n) is 4.42. The molecule has 1 atom stereocenters. The molecule has 0 aliphatic carbocycles. The van der Waals surface area contributed by atoms with Gasteiger partial charge >= 0.3 is 0 Å². The van der Waals surface area contributed by atoms with E-state index in [2.05, 4.69) is 15.6 Å². The maximum absolute atomic E-state index is 13.4. The predicted octanol–water partition coefficient (Wildman–Crippen LogP) is 3.61. The lowest BCUT2D eigenvalue weighted by Gasteiger charge is -2.32. The first-order chi connectivity index (χ1) is 16.6. The van der Waals surface area contributed by atoms with E-state index in [9.17, 15) is 14.4 Å². The molecule has 1 aliphatic rings. The molecule has 34 heavy (non-hydrogen) atoms. The van der Waals surface area contributed by atoms with Crippen molar-refractivity contribution in [3.8, 4) is 0 Å². The largest absolute Gasteiger partial charge is 0.356 e. The number of carbonyl (C=O) groups excluding carboxylic acids is 3. The first-order valence-electron chi connectivity index (χ1n) is 11.9. The number of nitrogens with zero attached hydrogens (tertiary/aromatic N) is 2. The van der Waals surface area contributed by atoms with Crippen LogP contribution < -0.4 is 10.6 Å². The van der Waals surface area contributed by atoms with Gasteiger partial charge < -0.3 is 15.5 Å². The van der Waals surface area contributed by atoms with Crippen LogP contribution in [-0.4, -0.2) is 47.2 Å². The molecule has 0 radical (unpaired) electrons. The van der Waals surface area contributed by atoms with E-state index < -0.39 is 5.91 Å². The number of rotatable bonds is 4. The molecule has 3 amide bonds. The molecule has 0 bridgehead atoms. The third kappa shape index (κ3) is 5.78. The monoisotopic (exact) mass is 458 g/mol. The van der Waals surface area contributed by atoms with Crippen LogP contribution >= 0.6 is 0 Å². The number of fused-ring (bicyclic) bond motifs is 1. The van der Waals surface area contributed by atoms with Crippen LogP contribution in [0.25, 0.3) is 10.8 Å². The van der Waals surface area contributed by atoms with Crippen molar-refractivity contribution in [1.82, 2.24) is 20.5 Å². The molecule has 7 heteroatoms. The molecule has 1 aliphatic heterocycles. The highest BCUT2D eigenvalue weighted by molar-refractivity contribution is 6.06. The molecule has 0 saturated carbocycles. The average Bonchev–Trinajstić information content (AvgIpc) is 2.91. The average molecular weight is 459 g/mol. The lowest BCUT2D eigenvalue weighted by molar-refractivity contribution is -0.134. The quantitative estimate of drug-likeness (QED) is 0.625. The van der Waals surface area contributed by atoms with Gasteiger partial charge in [0.2, 0.25) is 11.8 Å². The van der Waals surface area contributed by atoms with Crippen LogP contribution in [0.5, 0.6) is 0 Å². The van der Waals surface area contributed by atoms with E-state index >= 15 is 0 Å². The number of nitrogens with one attached hydrogen (secondary N) is 2. The number of hydrogen-bond acceptors (Lipinski definition) is 4. The number of carbonyl (C=O) groups is 3. The molecule has 2 N–H and O–H groups in total. The van der Waals surface area contributed by atoms with Gasteiger partial charge in [-0.2, -0.15) is 0 Å². The van der Waals surface area contributed by atoms with Crippen LogP contribution in [0.2, 0.25) is 0 Å². The number of hydrogen-bond donors (Lipinski definition) is 2. The number of pyridine rings is 1. The van der Waals surface area contributed by atoms with Crippen molar-refractivity contribution in [1.29, 1.82) is 0 Å². The third-order valence-electron chi connectivity index (χ3n) is 6.20. The summed E-state index contributed by atoms with van der Waals surface area (Å²) < 4.78 is 0. The van der Waals surface area contributed by atoms with E-state index in [-0.39, 0.29) is 30.8 Å². The Labute approximate surface area is 199 Å². The van der Waals surface area contributed by atoms with Gasteiger partial charge in [-0.05, 0) is 29.9 Å². The maximum Gasteiger partial charge on any atom is 0.270 e. The first-order valence-corrected chi connectivity index (χ1v) is 11.9. The summed E-state index contributed by atoms with van der Waals surface area (Å²) in [6.45, 7) is 1.03. The summed E-state index contributed by atoms with van der Waals surface area (Å²) >= 11 is 0. The number of benzene rings is 2.